The molecule has 5 nitrogen and oxygen atoms in total. The summed E-state index contributed by atoms with van der Waals surface area (Å²) in [6.45, 7) is 0.252. The number of carbonyl (C=O) groups excluding carboxylic acids is 1. The monoisotopic (exact) mass is 354 g/mol. The molecule has 0 unspecified atom stereocenters. The average Bonchev–Trinajstić information content (AvgIpc) is 2.51. The number of benzene rings is 2. The highest BCUT2D eigenvalue weighted by atomic mass is 32.2. The SMILES string of the molecule is NS(=O)(=O)c1ccc(CNC(=O)CSc2ccccc2F)cc1. The zero-order valence-corrected chi connectivity index (χ0v) is 13.7. The van der Waals surface area contributed by atoms with Crippen LogP contribution in [0.25, 0.3) is 0 Å². The van der Waals surface area contributed by atoms with Crippen molar-refractivity contribution in [3.05, 3.63) is 59.9 Å². The van der Waals surface area contributed by atoms with E-state index in [0.717, 1.165) is 17.3 Å². The lowest BCUT2D eigenvalue weighted by atomic mass is 10.2. The normalized spacial score (nSPS) is 11.2. The zero-order chi connectivity index (χ0) is 16.9. The largest absolute Gasteiger partial charge is 0.351 e. The minimum absolute atomic E-state index is 0.0164. The Bertz CT molecular complexity index is 793. The molecule has 0 aliphatic carbocycles. The van der Waals surface area contributed by atoms with Crippen molar-refractivity contribution in [1.82, 2.24) is 5.32 Å². The maximum absolute atomic E-state index is 13.4. The summed E-state index contributed by atoms with van der Waals surface area (Å²) in [7, 11) is -3.72. The number of carbonyl (C=O) groups is 1. The van der Waals surface area contributed by atoms with Gasteiger partial charge in [-0.05, 0) is 29.8 Å². The van der Waals surface area contributed by atoms with E-state index < -0.39 is 10.0 Å². The van der Waals surface area contributed by atoms with Crippen LogP contribution in [-0.4, -0.2) is 20.1 Å². The zero-order valence-electron chi connectivity index (χ0n) is 12.0. The standard InChI is InChI=1S/C15H15FN2O3S2/c16-13-3-1-2-4-14(13)22-10-15(19)18-9-11-5-7-12(8-6-11)23(17,20)21/h1-8H,9-10H2,(H,18,19)(H2,17,20,21). The van der Waals surface area contributed by atoms with Gasteiger partial charge in [-0.1, -0.05) is 24.3 Å². The molecule has 0 bridgehead atoms. The fourth-order valence-corrected chi connectivity index (χ4v) is 3.04. The minimum atomic E-state index is -3.72. The first kappa shape index (κ1) is 17.5. The van der Waals surface area contributed by atoms with Gasteiger partial charge in [0.2, 0.25) is 15.9 Å². The van der Waals surface area contributed by atoms with E-state index >= 15 is 0 Å². The van der Waals surface area contributed by atoms with Crippen LogP contribution in [0.3, 0.4) is 0 Å². The van der Waals surface area contributed by atoms with Gasteiger partial charge in [0, 0.05) is 11.4 Å². The molecule has 8 heteroatoms. The van der Waals surface area contributed by atoms with Gasteiger partial charge < -0.3 is 5.32 Å². The second kappa shape index (κ2) is 7.58. The molecule has 0 spiro atoms. The number of primary sulfonamides is 1. The van der Waals surface area contributed by atoms with Gasteiger partial charge in [-0.15, -0.1) is 11.8 Å². The Kier molecular flexibility index (Phi) is 5.75. The van der Waals surface area contributed by atoms with Crippen LogP contribution in [-0.2, 0) is 21.4 Å². The van der Waals surface area contributed by atoms with Crippen LogP contribution in [0.5, 0.6) is 0 Å². The third-order valence-electron chi connectivity index (χ3n) is 2.94. The number of sulfonamides is 1. The Hall–Kier alpha value is -1.90. The number of amides is 1. The lowest BCUT2D eigenvalue weighted by Crippen LogP contribution is -2.24. The van der Waals surface area contributed by atoms with Crippen LogP contribution in [0.2, 0.25) is 0 Å². The van der Waals surface area contributed by atoms with E-state index in [-0.39, 0.29) is 28.9 Å². The Labute approximate surface area is 138 Å². The molecular weight excluding hydrogens is 339 g/mol. The van der Waals surface area contributed by atoms with Crippen molar-refractivity contribution in [2.75, 3.05) is 5.75 Å². The fourth-order valence-electron chi connectivity index (χ4n) is 1.75. The van der Waals surface area contributed by atoms with Crippen LogP contribution in [0, 0.1) is 5.82 Å². The molecule has 0 aliphatic heterocycles. The van der Waals surface area contributed by atoms with Gasteiger partial charge in [-0.3, -0.25) is 4.79 Å². The van der Waals surface area contributed by atoms with Crippen LogP contribution in [0.15, 0.2) is 58.3 Å². The Morgan fingerprint density at radius 3 is 2.39 bits per heavy atom. The van der Waals surface area contributed by atoms with E-state index in [9.17, 15) is 17.6 Å². The van der Waals surface area contributed by atoms with Crippen molar-refractivity contribution in [1.29, 1.82) is 0 Å². The van der Waals surface area contributed by atoms with Gasteiger partial charge in [0.05, 0.1) is 10.6 Å². The third kappa shape index (κ3) is 5.34. The van der Waals surface area contributed by atoms with E-state index in [1.54, 1.807) is 30.3 Å². The van der Waals surface area contributed by atoms with Crippen LogP contribution in [0.4, 0.5) is 4.39 Å². The summed E-state index contributed by atoms with van der Waals surface area (Å²) in [4.78, 5) is 12.2. The Balaban J connectivity index is 1.84. The van der Waals surface area contributed by atoms with Crippen molar-refractivity contribution in [3.8, 4) is 0 Å². The summed E-state index contributed by atoms with van der Waals surface area (Å²) in [5, 5.41) is 7.69. The van der Waals surface area contributed by atoms with Gasteiger partial charge in [-0.25, -0.2) is 17.9 Å². The highest BCUT2D eigenvalue weighted by Gasteiger charge is 2.08. The summed E-state index contributed by atoms with van der Waals surface area (Å²) < 4.78 is 35.7. The van der Waals surface area contributed by atoms with Gasteiger partial charge >= 0.3 is 0 Å². The molecule has 0 aromatic heterocycles. The summed E-state index contributed by atoms with van der Waals surface area (Å²) in [5.41, 5.74) is 0.738. The molecule has 1 amide bonds. The third-order valence-corrected chi connectivity index (χ3v) is 4.91. The van der Waals surface area contributed by atoms with Crippen LogP contribution < -0.4 is 10.5 Å². The lowest BCUT2D eigenvalue weighted by molar-refractivity contribution is -0.118. The van der Waals surface area contributed by atoms with E-state index in [1.165, 1.54) is 18.2 Å². The van der Waals surface area contributed by atoms with Crippen molar-refractivity contribution in [3.63, 3.8) is 0 Å². The van der Waals surface area contributed by atoms with Crippen molar-refractivity contribution >= 4 is 27.7 Å². The number of rotatable bonds is 6. The predicted octanol–water partition coefficient (Wildman–Crippen LogP) is 1.88. The van der Waals surface area contributed by atoms with E-state index in [4.69, 9.17) is 5.14 Å². The molecule has 0 heterocycles. The van der Waals surface area contributed by atoms with E-state index in [2.05, 4.69) is 5.32 Å². The topological polar surface area (TPSA) is 89.3 Å². The lowest BCUT2D eigenvalue weighted by Gasteiger charge is -2.06. The number of hydrogen-bond donors (Lipinski definition) is 2. The second-order valence-electron chi connectivity index (χ2n) is 4.68. The van der Waals surface area contributed by atoms with Gasteiger partial charge in [0.1, 0.15) is 5.82 Å². The number of hydrogen-bond acceptors (Lipinski definition) is 4. The highest BCUT2D eigenvalue weighted by molar-refractivity contribution is 8.00. The number of nitrogens with one attached hydrogen (secondary N) is 1. The molecule has 0 atom stereocenters. The molecule has 0 radical (unpaired) electrons. The summed E-state index contributed by atoms with van der Waals surface area (Å²) in [6.07, 6.45) is 0. The quantitative estimate of drug-likeness (QED) is 0.775. The second-order valence-corrected chi connectivity index (χ2v) is 7.26. The maximum Gasteiger partial charge on any atom is 0.238 e. The molecular formula is C15H15FN2O3S2. The molecule has 3 N–H and O–H groups in total. The molecule has 23 heavy (non-hydrogen) atoms. The van der Waals surface area contributed by atoms with Crippen LogP contribution >= 0.6 is 11.8 Å². The van der Waals surface area contributed by atoms with Crippen LogP contribution in [0.1, 0.15) is 5.56 Å². The van der Waals surface area contributed by atoms with Crippen molar-refractivity contribution < 1.29 is 17.6 Å². The number of nitrogens with two attached hydrogens (primary N) is 1. The molecule has 0 saturated carbocycles. The van der Waals surface area contributed by atoms with Gasteiger partial charge in [0.25, 0.3) is 0 Å². The first-order chi connectivity index (χ1) is 10.9. The highest BCUT2D eigenvalue weighted by Crippen LogP contribution is 2.20. The summed E-state index contributed by atoms with van der Waals surface area (Å²) in [6, 6.07) is 12.2. The molecule has 2 aromatic rings. The molecule has 2 aromatic carbocycles. The first-order valence-electron chi connectivity index (χ1n) is 6.62. The number of halogens is 1. The van der Waals surface area contributed by atoms with Crippen molar-refractivity contribution in [2.24, 2.45) is 5.14 Å². The summed E-state index contributed by atoms with van der Waals surface area (Å²) in [5.74, 6) is -0.506. The number of thioether (sulfide) groups is 1. The fraction of sp³-hybridized carbons (Fsp3) is 0.133. The smallest absolute Gasteiger partial charge is 0.238 e. The minimum Gasteiger partial charge on any atom is -0.351 e. The molecule has 0 fully saturated rings. The molecule has 0 saturated heterocycles. The summed E-state index contributed by atoms with van der Waals surface area (Å²) >= 11 is 1.11. The van der Waals surface area contributed by atoms with Gasteiger partial charge in [0.15, 0.2) is 0 Å². The van der Waals surface area contributed by atoms with Crippen molar-refractivity contribution in [2.45, 2.75) is 16.3 Å². The Morgan fingerprint density at radius 1 is 1.13 bits per heavy atom. The average molecular weight is 354 g/mol. The predicted molar refractivity (Wildman–Crippen MR) is 86.8 cm³/mol. The maximum atomic E-state index is 13.4. The van der Waals surface area contributed by atoms with E-state index in [0.29, 0.717) is 4.90 Å². The van der Waals surface area contributed by atoms with E-state index in [1.807, 2.05) is 0 Å². The molecule has 122 valence electrons. The molecule has 0 aliphatic rings. The molecule has 2 rings (SSSR count). The first-order valence-corrected chi connectivity index (χ1v) is 9.15. The Morgan fingerprint density at radius 2 is 1.78 bits per heavy atom. The van der Waals surface area contributed by atoms with Gasteiger partial charge in [-0.2, -0.15) is 0 Å².